The van der Waals surface area contributed by atoms with E-state index in [1.807, 2.05) is 0 Å². The van der Waals surface area contributed by atoms with Gasteiger partial charge in [-0.1, -0.05) is 29.3 Å². The third-order valence-electron chi connectivity index (χ3n) is 4.24. The second kappa shape index (κ2) is 6.33. The van der Waals surface area contributed by atoms with Crippen molar-refractivity contribution in [2.45, 2.75) is 13.1 Å². The summed E-state index contributed by atoms with van der Waals surface area (Å²) in [7, 11) is 0. The average molecular weight is 422 g/mol. The van der Waals surface area contributed by atoms with Gasteiger partial charge in [-0.2, -0.15) is 23.5 Å². The van der Waals surface area contributed by atoms with Crippen LogP contribution in [0.15, 0.2) is 30.5 Å². The number of hydrogen-bond acceptors (Lipinski definition) is 4. The van der Waals surface area contributed by atoms with Gasteiger partial charge in [0.05, 0.1) is 11.2 Å². The predicted molar refractivity (Wildman–Crippen MR) is 98.2 cm³/mol. The molecular formula is C18H8Cl2F3N5. The highest BCUT2D eigenvalue weighted by Gasteiger charge is 2.39. The van der Waals surface area contributed by atoms with Crippen molar-refractivity contribution in [3.8, 4) is 17.2 Å². The largest absolute Gasteiger partial charge is 0.436 e. The van der Waals surface area contributed by atoms with Crippen molar-refractivity contribution in [3.63, 3.8) is 0 Å². The van der Waals surface area contributed by atoms with Crippen LogP contribution in [-0.2, 0) is 6.18 Å². The van der Waals surface area contributed by atoms with Gasteiger partial charge in [0.2, 0.25) is 0 Å². The SMILES string of the molecule is Cc1nc2c(C#N)c(C(F)(F)F)nn2c(Cl)c1-c1ccnc2cc(Cl)ccc12. The maximum atomic E-state index is 13.3. The maximum absolute atomic E-state index is 13.3. The number of rotatable bonds is 1. The number of benzene rings is 1. The summed E-state index contributed by atoms with van der Waals surface area (Å²) in [6, 6.07) is 8.28. The Morgan fingerprint density at radius 2 is 1.93 bits per heavy atom. The second-order valence-electron chi connectivity index (χ2n) is 5.95. The number of aromatic nitrogens is 4. The first-order valence-electron chi connectivity index (χ1n) is 7.83. The molecule has 0 atom stereocenters. The molecule has 3 heterocycles. The van der Waals surface area contributed by atoms with Crippen molar-refractivity contribution in [3.05, 3.63) is 57.6 Å². The molecule has 0 radical (unpaired) electrons. The molecule has 0 amide bonds. The molecule has 4 rings (SSSR count). The van der Waals surface area contributed by atoms with E-state index in [4.69, 9.17) is 23.2 Å². The molecule has 5 nitrogen and oxygen atoms in total. The number of alkyl halides is 3. The summed E-state index contributed by atoms with van der Waals surface area (Å²) < 4.78 is 40.6. The first-order chi connectivity index (χ1) is 13.2. The Bertz CT molecular complexity index is 1310. The Kier molecular flexibility index (Phi) is 4.17. The summed E-state index contributed by atoms with van der Waals surface area (Å²) in [5.74, 6) is 0. The van der Waals surface area contributed by atoms with Gasteiger partial charge in [0.25, 0.3) is 0 Å². The first kappa shape index (κ1) is 18.5. The van der Waals surface area contributed by atoms with Gasteiger partial charge >= 0.3 is 6.18 Å². The Morgan fingerprint density at radius 1 is 1.18 bits per heavy atom. The van der Waals surface area contributed by atoms with Crippen molar-refractivity contribution >= 4 is 39.8 Å². The highest BCUT2D eigenvalue weighted by molar-refractivity contribution is 6.33. The molecule has 10 heteroatoms. The zero-order chi connectivity index (χ0) is 20.2. The molecule has 28 heavy (non-hydrogen) atoms. The number of pyridine rings is 1. The van der Waals surface area contributed by atoms with Gasteiger partial charge in [-0.15, -0.1) is 0 Å². The third kappa shape index (κ3) is 2.75. The fourth-order valence-corrected chi connectivity index (χ4v) is 3.59. The molecule has 0 aliphatic rings. The lowest BCUT2D eigenvalue weighted by atomic mass is 10.0. The van der Waals surface area contributed by atoms with E-state index < -0.39 is 17.4 Å². The molecular weight excluding hydrogens is 414 g/mol. The van der Waals surface area contributed by atoms with E-state index in [-0.39, 0.29) is 10.8 Å². The van der Waals surface area contributed by atoms with Crippen LogP contribution < -0.4 is 0 Å². The minimum atomic E-state index is -4.81. The highest BCUT2D eigenvalue weighted by Crippen LogP contribution is 2.38. The Labute approximate surface area is 166 Å². The molecule has 0 N–H and O–H groups in total. The lowest BCUT2D eigenvalue weighted by Gasteiger charge is -2.12. The van der Waals surface area contributed by atoms with Crippen LogP contribution in [0.2, 0.25) is 10.2 Å². The smallest absolute Gasteiger partial charge is 0.256 e. The third-order valence-corrected chi connectivity index (χ3v) is 4.83. The lowest BCUT2D eigenvalue weighted by molar-refractivity contribution is -0.141. The number of nitriles is 1. The van der Waals surface area contributed by atoms with Crippen LogP contribution in [0.25, 0.3) is 27.7 Å². The van der Waals surface area contributed by atoms with Crippen LogP contribution in [-0.4, -0.2) is 19.6 Å². The molecule has 0 aliphatic heterocycles. The summed E-state index contributed by atoms with van der Waals surface area (Å²) in [6.07, 6.45) is -3.27. The Balaban J connectivity index is 2.09. The monoisotopic (exact) mass is 421 g/mol. The van der Waals surface area contributed by atoms with Crippen molar-refractivity contribution in [2.24, 2.45) is 0 Å². The van der Waals surface area contributed by atoms with Gasteiger partial charge in [0.15, 0.2) is 11.3 Å². The fourth-order valence-electron chi connectivity index (χ4n) is 3.07. The van der Waals surface area contributed by atoms with Crippen molar-refractivity contribution in [2.75, 3.05) is 0 Å². The van der Waals surface area contributed by atoms with E-state index in [1.54, 1.807) is 37.4 Å². The Morgan fingerprint density at radius 3 is 2.61 bits per heavy atom. The van der Waals surface area contributed by atoms with E-state index in [2.05, 4.69) is 15.1 Å². The predicted octanol–water partition coefficient (Wildman–Crippen LogP) is 5.45. The molecule has 1 aromatic carbocycles. The van der Waals surface area contributed by atoms with Crippen molar-refractivity contribution < 1.29 is 13.2 Å². The number of aryl methyl sites for hydroxylation is 1. The van der Waals surface area contributed by atoms with Crippen LogP contribution in [0, 0.1) is 18.3 Å². The minimum Gasteiger partial charge on any atom is -0.256 e. The number of fused-ring (bicyclic) bond motifs is 2. The molecule has 0 spiro atoms. The van der Waals surface area contributed by atoms with E-state index in [1.165, 1.54) is 6.07 Å². The van der Waals surface area contributed by atoms with E-state index in [0.29, 0.717) is 32.7 Å². The molecule has 0 saturated carbocycles. The molecule has 3 aromatic heterocycles. The van der Waals surface area contributed by atoms with Gasteiger partial charge in [0.1, 0.15) is 16.8 Å². The zero-order valence-corrected chi connectivity index (χ0v) is 15.5. The van der Waals surface area contributed by atoms with Gasteiger partial charge in [-0.3, -0.25) is 4.98 Å². The quantitative estimate of drug-likeness (QED) is 0.383. The van der Waals surface area contributed by atoms with Gasteiger partial charge in [-0.25, -0.2) is 9.50 Å². The Hall–Kier alpha value is -2.89. The molecule has 140 valence electrons. The fraction of sp³-hybridized carbons (Fsp3) is 0.111. The standard InChI is InChI=1S/C18H8Cl2F3N5/c1-8-14(11-4-5-25-13-6-9(19)2-3-10(11)13)16(20)28-17(26-8)12(7-24)15(27-28)18(21,22)23/h2-6H,1H3. The molecule has 0 bridgehead atoms. The summed E-state index contributed by atoms with van der Waals surface area (Å²) in [4.78, 5) is 8.44. The van der Waals surface area contributed by atoms with Crippen molar-refractivity contribution in [1.82, 2.24) is 19.6 Å². The number of hydrogen-bond donors (Lipinski definition) is 0. The van der Waals surface area contributed by atoms with Crippen LogP contribution >= 0.6 is 23.2 Å². The first-order valence-corrected chi connectivity index (χ1v) is 8.58. The molecule has 0 aliphatic carbocycles. The van der Waals surface area contributed by atoms with Crippen LogP contribution in [0.5, 0.6) is 0 Å². The summed E-state index contributed by atoms with van der Waals surface area (Å²) >= 11 is 12.4. The second-order valence-corrected chi connectivity index (χ2v) is 6.75. The number of halogens is 5. The van der Waals surface area contributed by atoms with Gasteiger partial charge < -0.3 is 0 Å². The normalized spacial score (nSPS) is 11.9. The maximum Gasteiger partial charge on any atom is 0.436 e. The summed E-state index contributed by atoms with van der Waals surface area (Å²) in [6.45, 7) is 1.60. The molecule has 0 fully saturated rings. The molecule has 0 saturated heterocycles. The number of nitrogens with zero attached hydrogens (tertiary/aromatic N) is 5. The summed E-state index contributed by atoms with van der Waals surface area (Å²) in [5.41, 5.74) is -0.296. The topological polar surface area (TPSA) is 66.9 Å². The zero-order valence-electron chi connectivity index (χ0n) is 14.0. The van der Waals surface area contributed by atoms with E-state index in [9.17, 15) is 18.4 Å². The highest BCUT2D eigenvalue weighted by atomic mass is 35.5. The van der Waals surface area contributed by atoms with Crippen LogP contribution in [0.4, 0.5) is 13.2 Å². The van der Waals surface area contributed by atoms with Crippen LogP contribution in [0.1, 0.15) is 17.0 Å². The van der Waals surface area contributed by atoms with Crippen LogP contribution in [0.3, 0.4) is 0 Å². The van der Waals surface area contributed by atoms with E-state index >= 15 is 0 Å². The molecule has 0 unspecified atom stereocenters. The average Bonchev–Trinajstić information content (AvgIpc) is 3.00. The van der Waals surface area contributed by atoms with Crippen molar-refractivity contribution in [1.29, 1.82) is 5.26 Å². The van der Waals surface area contributed by atoms with E-state index in [0.717, 1.165) is 4.52 Å². The summed E-state index contributed by atoms with van der Waals surface area (Å²) in [5, 5.41) is 13.8. The minimum absolute atomic E-state index is 0.0862. The molecule has 4 aromatic rings. The lowest BCUT2D eigenvalue weighted by Crippen LogP contribution is -2.08. The van der Waals surface area contributed by atoms with Gasteiger partial charge in [-0.05, 0) is 30.7 Å². The van der Waals surface area contributed by atoms with Gasteiger partial charge in [0, 0.05) is 22.2 Å².